The largest absolute Gasteiger partial charge is 0.392 e. The SMILES string of the molecule is OC/C=C/C(CCc1ccccc1)OCc1ccccc1. The summed E-state index contributed by atoms with van der Waals surface area (Å²) in [4.78, 5) is 0. The number of aliphatic hydroxyl groups is 1. The van der Waals surface area contributed by atoms with Crippen molar-refractivity contribution in [2.45, 2.75) is 25.6 Å². The zero-order valence-corrected chi connectivity index (χ0v) is 12.2. The number of aryl methyl sites for hydroxylation is 1. The number of hydrogen-bond donors (Lipinski definition) is 1. The molecule has 2 aromatic carbocycles. The first kappa shape index (κ1) is 15.5. The maximum absolute atomic E-state index is 8.94. The summed E-state index contributed by atoms with van der Waals surface area (Å²) in [6, 6.07) is 20.5. The molecule has 2 aromatic rings. The average Bonchev–Trinajstić information content (AvgIpc) is 2.56. The highest BCUT2D eigenvalue weighted by atomic mass is 16.5. The van der Waals surface area contributed by atoms with Crippen LogP contribution >= 0.6 is 0 Å². The average molecular weight is 282 g/mol. The summed E-state index contributed by atoms with van der Waals surface area (Å²) in [6.07, 6.45) is 5.60. The highest BCUT2D eigenvalue weighted by Gasteiger charge is 2.06. The lowest BCUT2D eigenvalue weighted by Gasteiger charge is -2.14. The zero-order chi connectivity index (χ0) is 14.8. The predicted molar refractivity (Wildman–Crippen MR) is 86.0 cm³/mol. The Kier molecular flexibility index (Phi) is 6.72. The Morgan fingerprint density at radius 3 is 2.14 bits per heavy atom. The van der Waals surface area contributed by atoms with Gasteiger partial charge in [-0.05, 0) is 24.0 Å². The molecular weight excluding hydrogens is 260 g/mol. The first-order valence-electron chi connectivity index (χ1n) is 7.35. The Hall–Kier alpha value is -1.90. The van der Waals surface area contributed by atoms with Gasteiger partial charge in [-0.3, -0.25) is 0 Å². The first-order valence-corrected chi connectivity index (χ1v) is 7.35. The van der Waals surface area contributed by atoms with Crippen LogP contribution in [0.2, 0.25) is 0 Å². The van der Waals surface area contributed by atoms with Gasteiger partial charge in [-0.2, -0.15) is 0 Å². The quantitative estimate of drug-likeness (QED) is 0.747. The Bertz CT molecular complexity index is 476. The van der Waals surface area contributed by atoms with E-state index in [1.54, 1.807) is 6.08 Å². The van der Waals surface area contributed by atoms with Gasteiger partial charge in [-0.1, -0.05) is 72.8 Å². The third kappa shape index (κ3) is 5.94. The van der Waals surface area contributed by atoms with E-state index in [1.807, 2.05) is 30.3 Å². The van der Waals surface area contributed by atoms with E-state index >= 15 is 0 Å². The van der Waals surface area contributed by atoms with Crippen molar-refractivity contribution in [1.29, 1.82) is 0 Å². The molecule has 1 atom stereocenters. The van der Waals surface area contributed by atoms with Gasteiger partial charge in [0.1, 0.15) is 0 Å². The molecule has 0 aliphatic carbocycles. The van der Waals surface area contributed by atoms with Crippen molar-refractivity contribution in [3.8, 4) is 0 Å². The Morgan fingerprint density at radius 1 is 0.905 bits per heavy atom. The Balaban J connectivity index is 1.87. The second-order valence-electron chi connectivity index (χ2n) is 4.97. The van der Waals surface area contributed by atoms with Gasteiger partial charge < -0.3 is 9.84 Å². The van der Waals surface area contributed by atoms with Crippen LogP contribution in [0.1, 0.15) is 17.5 Å². The summed E-state index contributed by atoms with van der Waals surface area (Å²) >= 11 is 0. The van der Waals surface area contributed by atoms with Crippen molar-refractivity contribution >= 4 is 0 Å². The second kappa shape index (κ2) is 9.11. The van der Waals surface area contributed by atoms with Crippen LogP contribution in [0.4, 0.5) is 0 Å². The lowest BCUT2D eigenvalue weighted by molar-refractivity contribution is 0.0663. The third-order valence-corrected chi connectivity index (χ3v) is 3.32. The molecule has 1 N–H and O–H groups in total. The molecule has 21 heavy (non-hydrogen) atoms. The van der Waals surface area contributed by atoms with Crippen molar-refractivity contribution < 1.29 is 9.84 Å². The molecule has 0 bridgehead atoms. The minimum Gasteiger partial charge on any atom is -0.392 e. The van der Waals surface area contributed by atoms with E-state index in [0.717, 1.165) is 12.8 Å². The van der Waals surface area contributed by atoms with Crippen LogP contribution in [0, 0.1) is 0 Å². The molecule has 0 radical (unpaired) electrons. The van der Waals surface area contributed by atoms with Gasteiger partial charge in [0.05, 0.1) is 19.3 Å². The third-order valence-electron chi connectivity index (χ3n) is 3.32. The molecule has 0 saturated heterocycles. The fraction of sp³-hybridized carbons (Fsp3) is 0.263. The van der Waals surface area contributed by atoms with Crippen LogP contribution in [0.5, 0.6) is 0 Å². The van der Waals surface area contributed by atoms with Crippen LogP contribution in [0.25, 0.3) is 0 Å². The summed E-state index contributed by atoms with van der Waals surface area (Å²) in [5, 5.41) is 8.94. The van der Waals surface area contributed by atoms with Gasteiger partial charge >= 0.3 is 0 Å². The highest BCUT2D eigenvalue weighted by molar-refractivity contribution is 5.15. The van der Waals surface area contributed by atoms with Gasteiger partial charge in [-0.15, -0.1) is 0 Å². The van der Waals surface area contributed by atoms with Gasteiger partial charge in [0.2, 0.25) is 0 Å². The van der Waals surface area contributed by atoms with Crippen LogP contribution in [-0.4, -0.2) is 17.8 Å². The van der Waals surface area contributed by atoms with E-state index in [-0.39, 0.29) is 12.7 Å². The summed E-state index contributed by atoms with van der Waals surface area (Å²) < 4.78 is 5.95. The first-order chi connectivity index (χ1) is 10.4. The van der Waals surface area contributed by atoms with Crippen molar-refractivity contribution in [3.05, 3.63) is 83.9 Å². The molecule has 2 heteroatoms. The summed E-state index contributed by atoms with van der Waals surface area (Å²) in [5.74, 6) is 0. The van der Waals surface area contributed by atoms with E-state index in [0.29, 0.717) is 6.61 Å². The molecular formula is C19H22O2. The number of benzene rings is 2. The molecule has 0 fully saturated rings. The summed E-state index contributed by atoms with van der Waals surface area (Å²) in [6.45, 7) is 0.645. The molecule has 0 aromatic heterocycles. The predicted octanol–water partition coefficient (Wildman–Crippen LogP) is 3.75. The topological polar surface area (TPSA) is 29.5 Å². The molecule has 0 spiro atoms. The van der Waals surface area contributed by atoms with Crippen molar-refractivity contribution in [2.24, 2.45) is 0 Å². The summed E-state index contributed by atoms with van der Waals surface area (Å²) in [5.41, 5.74) is 2.47. The van der Waals surface area contributed by atoms with Crippen LogP contribution in [0.3, 0.4) is 0 Å². The van der Waals surface area contributed by atoms with Crippen molar-refractivity contribution in [1.82, 2.24) is 0 Å². The van der Waals surface area contributed by atoms with Crippen molar-refractivity contribution in [2.75, 3.05) is 6.61 Å². The fourth-order valence-electron chi connectivity index (χ4n) is 2.18. The Morgan fingerprint density at radius 2 is 1.52 bits per heavy atom. The van der Waals surface area contributed by atoms with Gasteiger partial charge in [0, 0.05) is 0 Å². The van der Waals surface area contributed by atoms with Gasteiger partial charge in [0.15, 0.2) is 0 Å². The summed E-state index contributed by atoms with van der Waals surface area (Å²) in [7, 11) is 0. The van der Waals surface area contributed by atoms with E-state index in [9.17, 15) is 0 Å². The van der Waals surface area contributed by atoms with Crippen LogP contribution < -0.4 is 0 Å². The smallest absolute Gasteiger partial charge is 0.0764 e. The molecule has 0 heterocycles. The van der Waals surface area contributed by atoms with Crippen LogP contribution in [0.15, 0.2) is 72.8 Å². The monoisotopic (exact) mass is 282 g/mol. The maximum Gasteiger partial charge on any atom is 0.0764 e. The standard InChI is InChI=1S/C19H22O2/c20-15-7-12-19(14-13-17-8-3-1-4-9-17)21-16-18-10-5-2-6-11-18/h1-12,19-20H,13-16H2/b12-7+. The lowest BCUT2D eigenvalue weighted by atomic mass is 10.1. The molecule has 0 aliphatic rings. The molecule has 1 unspecified atom stereocenters. The number of hydrogen-bond acceptors (Lipinski definition) is 2. The minimum absolute atomic E-state index is 0.0255. The van der Waals surface area contributed by atoms with Gasteiger partial charge in [0.25, 0.3) is 0 Å². The van der Waals surface area contributed by atoms with E-state index in [1.165, 1.54) is 11.1 Å². The normalized spacial score (nSPS) is 12.6. The van der Waals surface area contributed by atoms with E-state index in [2.05, 4.69) is 36.4 Å². The molecule has 0 aliphatic heterocycles. The number of aliphatic hydroxyl groups excluding tert-OH is 1. The van der Waals surface area contributed by atoms with E-state index < -0.39 is 0 Å². The van der Waals surface area contributed by atoms with Crippen molar-refractivity contribution in [3.63, 3.8) is 0 Å². The molecule has 0 saturated carbocycles. The molecule has 110 valence electrons. The van der Waals surface area contributed by atoms with Gasteiger partial charge in [-0.25, -0.2) is 0 Å². The van der Waals surface area contributed by atoms with E-state index in [4.69, 9.17) is 9.84 Å². The lowest BCUT2D eigenvalue weighted by Crippen LogP contribution is -2.11. The number of ether oxygens (including phenoxy) is 1. The molecule has 0 amide bonds. The maximum atomic E-state index is 8.94. The molecule has 2 rings (SSSR count). The minimum atomic E-state index is 0.0255. The fourth-order valence-corrected chi connectivity index (χ4v) is 2.18. The Labute approximate surface area is 126 Å². The molecule has 2 nitrogen and oxygen atoms in total. The highest BCUT2D eigenvalue weighted by Crippen LogP contribution is 2.11. The van der Waals surface area contributed by atoms with Crippen LogP contribution in [-0.2, 0) is 17.8 Å². The number of rotatable bonds is 8. The second-order valence-corrected chi connectivity index (χ2v) is 4.97. The zero-order valence-electron chi connectivity index (χ0n) is 12.2.